The molecule has 2 aromatic heterocycles. The van der Waals surface area contributed by atoms with Crippen LogP contribution in [0.5, 0.6) is 0 Å². The number of nitrogens with one attached hydrogen (secondary N) is 2. The second-order valence-corrected chi connectivity index (χ2v) is 5.48. The number of benzene rings is 1. The number of pyridine rings is 1. The minimum atomic E-state index is -0.0964. The first-order valence-corrected chi connectivity index (χ1v) is 7.06. The Morgan fingerprint density at radius 3 is 2.90 bits per heavy atom. The summed E-state index contributed by atoms with van der Waals surface area (Å²) in [5.74, 6) is -0.0964. The lowest BCUT2D eigenvalue weighted by atomic mass is 10.2. The van der Waals surface area contributed by atoms with E-state index >= 15 is 0 Å². The lowest BCUT2D eigenvalue weighted by Gasteiger charge is -2.18. The maximum Gasteiger partial charge on any atom is 0.178 e. The van der Waals surface area contributed by atoms with Gasteiger partial charge in [-0.15, -0.1) is 0 Å². The van der Waals surface area contributed by atoms with E-state index < -0.39 is 0 Å². The lowest BCUT2D eigenvalue weighted by Crippen LogP contribution is -2.27. The Balaban J connectivity index is 2.01. The Bertz CT molecular complexity index is 834. The van der Waals surface area contributed by atoms with Gasteiger partial charge in [0.1, 0.15) is 0 Å². The summed E-state index contributed by atoms with van der Waals surface area (Å²) in [6.07, 6.45) is 3.04. The highest BCUT2D eigenvalue weighted by Gasteiger charge is 2.16. The molecule has 0 aliphatic carbocycles. The molecule has 3 aromatic rings. The fourth-order valence-corrected chi connectivity index (χ4v) is 2.39. The number of hydrogen-bond donors (Lipinski definition) is 3. The number of fused-ring (bicyclic) bond motifs is 1. The average molecular weight is 367 g/mol. The standard InChI is InChI=1S/C13H9BrClN5O/c14-9-5-7(1-2-10(9)15)20(21)12(16)8-3-4-17-13-11(8)18-6-19-13/h1-6,16,21H,(H,17,18,19). The number of anilines is 1. The summed E-state index contributed by atoms with van der Waals surface area (Å²) in [4.78, 5) is 11.0. The Morgan fingerprint density at radius 1 is 1.33 bits per heavy atom. The number of rotatable bonds is 2. The van der Waals surface area contributed by atoms with Crippen LogP contribution in [0.25, 0.3) is 11.2 Å². The van der Waals surface area contributed by atoms with Crippen LogP contribution in [0.15, 0.2) is 41.3 Å². The molecule has 0 saturated heterocycles. The van der Waals surface area contributed by atoms with Crippen molar-refractivity contribution in [2.75, 3.05) is 5.06 Å². The number of halogens is 2. The van der Waals surface area contributed by atoms with Crippen LogP contribution in [0.2, 0.25) is 5.02 Å². The van der Waals surface area contributed by atoms with E-state index in [0.717, 1.165) is 5.06 Å². The van der Waals surface area contributed by atoms with Gasteiger partial charge in [-0.2, -0.15) is 0 Å². The van der Waals surface area contributed by atoms with Gasteiger partial charge in [0.2, 0.25) is 0 Å². The molecular formula is C13H9BrClN5O. The van der Waals surface area contributed by atoms with Gasteiger partial charge in [-0.05, 0) is 40.2 Å². The van der Waals surface area contributed by atoms with E-state index in [1.54, 1.807) is 30.5 Å². The van der Waals surface area contributed by atoms with Gasteiger partial charge in [0.25, 0.3) is 0 Å². The van der Waals surface area contributed by atoms with Crippen molar-refractivity contribution >= 4 is 50.2 Å². The zero-order chi connectivity index (χ0) is 15.0. The molecule has 0 bridgehead atoms. The van der Waals surface area contributed by atoms with Crippen molar-refractivity contribution in [3.63, 3.8) is 0 Å². The zero-order valence-corrected chi connectivity index (χ0v) is 12.9. The molecule has 0 radical (unpaired) electrons. The van der Waals surface area contributed by atoms with E-state index in [-0.39, 0.29) is 5.84 Å². The van der Waals surface area contributed by atoms with Crippen LogP contribution in [0.1, 0.15) is 5.56 Å². The van der Waals surface area contributed by atoms with Gasteiger partial charge in [-0.3, -0.25) is 10.6 Å². The molecule has 0 aliphatic rings. The van der Waals surface area contributed by atoms with Crippen molar-refractivity contribution < 1.29 is 5.21 Å². The number of amidine groups is 1. The number of imidazole rings is 1. The Kier molecular flexibility index (Phi) is 3.62. The summed E-state index contributed by atoms with van der Waals surface area (Å²) in [5.41, 5.74) is 1.99. The van der Waals surface area contributed by atoms with Crippen molar-refractivity contribution in [2.24, 2.45) is 0 Å². The molecule has 0 amide bonds. The molecule has 0 unspecified atom stereocenters. The third-order valence-electron chi connectivity index (χ3n) is 2.94. The molecule has 21 heavy (non-hydrogen) atoms. The van der Waals surface area contributed by atoms with Crippen LogP contribution < -0.4 is 5.06 Å². The van der Waals surface area contributed by atoms with Crippen molar-refractivity contribution in [2.45, 2.75) is 0 Å². The molecule has 3 N–H and O–H groups in total. The quantitative estimate of drug-likeness (QED) is 0.367. The number of hydroxylamine groups is 1. The molecule has 106 valence electrons. The monoisotopic (exact) mass is 365 g/mol. The molecule has 3 rings (SSSR count). The molecule has 0 atom stereocenters. The molecule has 6 nitrogen and oxygen atoms in total. The van der Waals surface area contributed by atoms with E-state index in [0.29, 0.717) is 31.9 Å². The van der Waals surface area contributed by atoms with Crippen molar-refractivity contribution in [3.05, 3.63) is 51.8 Å². The summed E-state index contributed by atoms with van der Waals surface area (Å²) in [7, 11) is 0. The van der Waals surface area contributed by atoms with E-state index in [2.05, 4.69) is 30.9 Å². The zero-order valence-electron chi connectivity index (χ0n) is 10.5. The Hall–Kier alpha value is -1.96. The summed E-state index contributed by atoms with van der Waals surface area (Å²) in [5, 5.41) is 19.7. The van der Waals surface area contributed by atoms with E-state index in [1.807, 2.05) is 0 Å². The highest BCUT2D eigenvalue weighted by molar-refractivity contribution is 9.10. The van der Waals surface area contributed by atoms with E-state index in [9.17, 15) is 5.21 Å². The normalized spacial score (nSPS) is 10.8. The maximum atomic E-state index is 10.2. The largest absolute Gasteiger partial charge is 0.343 e. The van der Waals surface area contributed by atoms with Gasteiger partial charge in [0.05, 0.1) is 22.6 Å². The van der Waals surface area contributed by atoms with Gasteiger partial charge in [-0.25, -0.2) is 15.0 Å². The van der Waals surface area contributed by atoms with Gasteiger partial charge in [0.15, 0.2) is 11.5 Å². The molecule has 1 aromatic carbocycles. The summed E-state index contributed by atoms with van der Waals surface area (Å²) < 4.78 is 0.634. The van der Waals surface area contributed by atoms with Crippen LogP contribution in [0, 0.1) is 5.41 Å². The lowest BCUT2D eigenvalue weighted by molar-refractivity contribution is 0.312. The fourth-order valence-electron chi connectivity index (χ4n) is 1.91. The van der Waals surface area contributed by atoms with E-state index in [4.69, 9.17) is 17.0 Å². The Morgan fingerprint density at radius 2 is 2.14 bits per heavy atom. The van der Waals surface area contributed by atoms with Gasteiger partial charge in [0, 0.05) is 16.2 Å². The first-order valence-electron chi connectivity index (χ1n) is 5.89. The number of nitrogens with zero attached hydrogens (tertiary/aromatic N) is 3. The average Bonchev–Trinajstić information content (AvgIpc) is 2.97. The topological polar surface area (TPSA) is 88.9 Å². The first kappa shape index (κ1) is 14.0. The molecule has 0 fully saturated rings. The fraction of sp³-hybridized carbons (Fsp3) is 0. The van der Waals surface area contributed by atoms with Crippen molar-refractivity contribution in [3.8, 4) is 0 Å². The molecule has 0 aliphatic heterocycles. The number of aromatic amines is 1. The van der Waals surface area contributed by atoms with E-state index in [1.165, 1.54) is 6.33 Å². The first-order chi connectivity index (χ1) is 10.1. The summed E-state index contributed by atoms with van der Waals surface area (Å²) in [6.45, 7) is 0. The molecular weight excluding hydrogens is 358 g/mol. The van der Waals surface area contributed by atoms with Crippen LogP contribution in [0.3, 0.4) is 0 Å². The Labute approximate surface area is 133 Å². The SMILES string of the molecule is N=C(c1ccnc2nc[nH]c12)N(O)c1ccc(Cl)c(Br)c1. The van der Waals surface area contributed by atoms with Crippen molar-refractivity contribution in [1.82, 2.24) is 15.0 Å². The predicted molar refractivity (Wildman–Crippen MR) is 84.1 cm³/mol. The summed E-state index contributed by atoms with van der Waals surface area (Å²) in [6, 6.07) is 6.52. The third-order valence-corrected chi connectivity index (χ3v) is 4.16. The molecule has 8 heteroatoms. The van der Waals surface area contributed by atoms with Crippen LogP contribution >= 0.6 is 27.5 Å². The minimum Gasteiger partial charge on any atom is -0.343 e. The molecule has 0 saturated carbocycles. The third kappa shape index (κ3) is 2.51. The number of hydrogen-bond acceptors (Lipinski definition) is 4. The predicted octanol–water partition coefficient (Wildman–Crippen LogP) is 3.59. The second-order valence-electron chi connectivity index (χ2n) is 4.22. The maximum absolute atomic E-state index is 10.2. The summed E-state index contributed by atoms with van der Waals surface area (Å²) >= 11 is 9.21. The number of H-pyrrole nitrogens is 1. The molecule has 2 heterocycles. The van der Waals surface area contributed by atoms with Gasteiger partial charge < -0.3 is 4.98 Å². The van der Waals surface area contributed by atoms with Crippen LogP contribution in [0.4, 0.5) is 5.69 Å². The van der Waals surface area contributed by atoms with Crippen LogP contribution in [-0.4, -0.2) is 26.0 Å². The number of aromatic nitrogens is 3. The molecule has 0 spiro atoms. The van der Waals surface area contributed by atoms with Gasteiger partial charge in [-0.1, -0.05) is 11.6 Å². The second kappa shape index (κ2) is 5.44. The highest BCUT2D eigenvalue weighted by atomic mass is 79.9. The smallest absolute Gasteiger partial charge is 0.178 e. The van der Waals surface area contributed by atoms with Gasteiger partial charge >= 0.3 is 0 Å². The van der Waals surface area contributed by atoms with Crippen molar-refractivity contribution in [1.29, 1.82) is 5.41 Å². The van der Waals surface area contributed by atoms with Crippen LogP contribution in [-0.2, 0) is 0 Å². The highest BCUT2D eigenvalue weighted by Crippen LogP contribution is 2.28. The minimum absolute atomic E-state index is 0.0964.